The molecule has 14 heteroatoms. The number of aliphatic hydroxyl groups is 3. The molecule has 0 spiro atoms. The van der Waals surface area contributed by atoms with Crippen LogP contribution in [0.25, 0.3) is 0 Å². The van der Waals surface area contributed by atoms with Crippen LogP contribution < -0.4 is 0 Å². The van der Waals surface area contributed by atoms with E-state index in [1.165, 1.54) is 0 Å². The molecule has 0 saturated carbocycles. The Labute approximate surface area is 94.3 Å². The number of hydrogen-bond acceptors (Lipinski definition) is 8. The highest BCUT2D eigenvalue weighted by Gasteiger charge is 2.21. The zero-order valence-corrected chi connectivity index (χ0v) is 9.85. The van der Waals surface area contributed by atoms with Crippen molar-refractivity contribution in [3.05, 3.63) is 0 Å². The normalized spacial score (nSPS) is 12.2. The highest BCUT2D eigenvalue weighted by Crippen LogP contribution is 2.41. The maximum absolute atomic E-state index is 9.73. The number of rotatable bonds is 6. The predicted molar refractivity (Wildman–Crippen MR) is 47.5 cm³/mol. The molecule has 0 bridgehead atoms. The highest BCUT2D eigenvalue weighted by atomic mass is 31.2. The van der Waals surface area contributed by atoms with E-state index in [0.29, 0.717) is 0 Å². The lowest BCUT2D eigenvalue weighted by Gasteiger charge is -2.02. The average molecular weight is 302 g/mol. The summed E-state index contributed by atoms with van der Waals surface area (Å²) in [4.78, 5) is 31.4. The van der Waals surface area contributed by atoms with Gasteiger partial charge in [-0.1, -0.05) is 9.35 Å². The molecule has 0 fully saturated rings. The molecular formula is C3H12O12P2. The summed E-state index contributed by atoms with van der Waals surface area (Å²) in [5, 5.41) is 27.1. The van der Waals surface area contributed by atoms with Gasteiger partial charge in [-0.15, -0.1) is 0 Å². The van der Waals surface area contributed by atoms with Gasteiger partial charge in [-0.2, -0.15) is 0 Å². The van der Waals surface area contributed by atoms with Gasteiger partial charge in [0, 0.05) is 0 Å². The smallest absolute Gasteiger partial charge is 0.394 e. The second-order valence-corrected chi connectivity index (χ2v) is 4.48. The summed E-state index contributed by atoms with van der Waals surface area (Å²) in [7, 11) is -9.88. The molecule has 0 atom stereocenters. The van der Waals surface area contributed by atoms with E-state index in [9.17, 15) is 9.13 Å². The van der Waals surface area contributed by atoms with Crippen molar-refractivity contribution in [1.82, 2.24) is 0 Å². The van der Waals surface area contributed by atoms with E-state index in [2.05, 4.69) is 14.4 Å². The van der Waals surface area contributed by atoms with Crippen LogP contribution in [0, 0.1) is 0 Å². The maximum atomic E-state index is 9.73. The minimum absolute atomic E-state index is 0.365. The van der Waals surface area contributed by atoms with Crippen LogP contribution in [0.4, 0.5) is 0 Å². The van der Waals surface area contributed by atoms with Gasteiger partial charge in [0.15, 0.2) is 0 Å². The van der Waals surface area contributed by atoms with Crippen molar-refractivity contribution in [2.45, 2.75) is 6.10 Å². The molecule has 17 heavy (non-hydrogen) atoms. The Morgan fingerprint density at radius 2 is 1.18 bits per heavy atom. The van der Waals surface area contributed by atoms with Crippen molar-refractivity contribution in [2.24, 2.45) is 0 Å². The third-order valence-electron chi connectivity index (χ3n) is 0.677. The molecule has 0 unspecified atom stereocenters. The minimum atomic E-state index is -4.94. The summed E-state index contributed by atoms with van der Waals surface area (Å²) in [6, 6.07) is 0. The lowest BCUT2D eigenvalue weighted by molar-refractivity contribution is -0.426. The van der Waals surface area contributed by atoms with Gasteiger partial charge in [-0.05, 0) is 5.04 Å². The average Bonchev–Trinajstić information content (AvgIpc) is 2.13. The first-order valence-corrected chi connectivity index (χ1v) is 6.63. The fourth-order valence-corrected chi connectivity index (χ4v) is 0.418. The molecular weight excluding hydrogens is 290 g/mol. The fourth-order valence-electron chi connectivity index (χ4n) is 0.151. The van der Waals surface area contributed by atoms with Gasteiger partial charge < -0.3 is 34.9 Å². The Morgan fingerprint density at radius 1 is 0.882 bits per heavy atom. The minimum Gasteiger partial charge on any atom is -0.394 e. The van der Waals surface area contributed by atoms with Crippen molar-refractivity contribution >= 4 is 15.6 Å². The van der Waals surface area contributed by atoms with Crippen molar-refractivity contribution in [3.8, 4) is 0 Å². The summed E-state index contributed by atoms with van der Waals surface area (Å²) in [5.74, 6) is 0. The monoisotopic (exact) mass is 302 g/mol. The SMILES string of the molecule is O=P(O)(O)OOOP(=O)(O)O.OCC(O)CO. The Morgan fingerprint density at radius 3 is 1.29 bits per heavy atom. The maximum Gasteiger partial charge on any atom is 0.499 e. The molecule has 0 aromatic heterocycles. The molecule has 0 radical (unpaired) electrons. The molecule has 0 aliphatic rings. The first-order chi connectivity index (χ1) is 7.52. The lowest BCUT2D eigenvalue weighted by Crippen LogP contribution is -2.15. The first kappa shape index (κ1) is 19.4. The second-order valence-electron chi connectivity index (χ2n) is 2.22. The van der Waals surface area contributed by atoms with E-state index in [1.54, 1.807) is 0 Å². The van der Waals surface area contributed by atoms with Crippen LogP contribution in [-0.4, -0.2) is 54.2 Å². The van der Waals surface area contributed by atoms with E-state index in [0.717, 1.165) is 0 Å². The van der Waals surface area contributed by atoms with Gasteiger partial charge in [0.1, 0.15) is 6.10 Å². The first-order valence-electron chi connectivity index (χ1n) is 3.57. The highest BCUT2D eigenvalue weighted by molar-refractivity contribution is 7.46. The Balaban J connectivity index is 0. The standard InChI is InChI=1S/C3H8O3.H4O9P2/c4-1-3(6)2-5;1-10(2,3)8-7-9-11(4,5)6/h3-6H,1-2H2;(H2,1,2,3)(H2,4,5,6). The summed E-state index contributed by atoms with van der Waals surface area (Å²) in [6.07, 6.45) is -0.954. The largest absolute Gasteiger partial charge is 0.499 e. The third-order valence-corrected chi connectivity index (χ3v) is 1.19. The summed E-state index contributed by atoms with van der Waals surface area (Å²) in [5.41, 5.74) is 0. The Bertz CT molecular complexity index is 239. The van der Waals surface area contributed by atoms with Crippen molar-refractivity contribution in [1.29, 1.82) is 0 Å². The fraction of sp³-hybridized carbons (Fsp3) is 1.00. The van der Waals surface area contributed by atoms with Crippen LogP contribution in [0.3, 0.4) is 0 Å². The van der Waals surface area contributed by atoms with Crippen molar-refractivity contribution in [2.75, 3.05) is 13.2 Å². The zero-order chi connectivity index (χ0) is 14.1. The third kappa shape index (κ3) is 21.8. The molecule has 0 heterocycles. The topological polar surface area (TPSA) is 203 Å². The molecule has 0 rings (SSSR count). The number of hydrogen-bond donors (Lipinski definition) is 7. The predicted octanol–water partition coefficient (Wildman–Crippen LogP) is -2.62. The second kappa shape index (κ2) is 9.05. The molecule has 12 nitrogen and oxygen atoms in total. The molecule has 0 amide bonds. The van der Waals surface area contributed by atoms with Crippen LogP contribution in [-0.2, 0) is 23.5 Å². The van der Waals surface area contributed by atoms with Crippen molar-refractivity contribution < 1.29 is 58.4 Å². The lowest BCUT2D eigenvalue weighted by atomic mass is 10.4. The van der Waals surface area contributed by atoms with Crippen molar-refractivity contribution in [3.63, 3.8) is 0 Å². The van der Waals surface area contributed by atoms with Crippen LogP contribution in [0.1, 0.15) is 0 Å². The van der Waals surface area contributed by atoms with Gasteiger partial charge in [-0.25, -0.2) is 9.13 Å². The van der Waals surface area contributed by atoms with E-state index >= 15 is 0 Å². The number of phosphoric acid groups is 2. The molecule has 7 N–H and O–H groups in total. The van der Waals surface area contributed by atoms with E-state index in [4.69, 9.17) is 34.9 Å². The zero-order valence-electron chi connectivity index (χ0n) is 8.06. The van der Waals surface area contributed by atoms with E-state index in [1.807, 2.05) is 0 Å². The molecule has 0 aromatic carbocycles. The Kier molecular flexibility index (Phi) is 10.3. The van der Waals surface area contributed by atoms with Crippen LogP contribution in [0.15, 0.2) is 0 Å². The van der Waals surface area contributed by atoms with Gasteiger partial charge >= 0.3 is 15.6 Å². The quantitative estimate of drug-likeness (QED) is 0.153. The Hall–Kier alpha value is 0.0600. The molecule has 0 saturated heterocycles. The van der Waals surface area contributed by atoms with E-state index < -0.39 is 21.7 Å². The van der Waals surface area contributed by atoms with Gasteiger partial charge in [-0.3, -0.25) is 0 Å². The molecule has 0 aliphatic carbocycles. The van der Waals surface area contributed by atoms with Gasteiger partial charge in [0.2, 0.25) is 0 Å². The van der Waals surface area contributed by atoms with Crippen LogP contribution in [0.5, 0.6) is 0 Å². The summed E-state index contributed by atoms with van der Waals surface area (Å²) >= 11 is 0. The summed E-state index contributed by atoms with van der Waals surface area (Å²) in [6.45, 7) is -0.729. The molecule has 0 aliphatic heterocycles. The summed E-state index contributed by atoms with van der Waals surface area (Å²) < 4.78 is 25.6. The van der Waals surface area contributed by atoms with Gasteiger partial charge in [0.25, 0.3) is 0 Å². The molecule has 106 valence electrons. The molecule has 0 aromatic rings. The van der Waals surface area contributed by atoms with E-state index in [-0.39, 0.29) is 13.2 Å². The number of aliphatic hydroxyl groups excluding tert-OH is 3. The van der Waals surface area contributed by atoms with Crippen LogP contribution in [0.2, 0.25) is 0 Å². The van der Waals surface area contributed by atoms with Crippen LogP contribution >= 0.6 is 15.6 Å². The van der Waals surface area contributed by atoms with Gasteiger partial charge in [0.05, 0.1) is 13.2 Å².